The van der Waals surface area contributed by atoms with E-state index >= 15 is 0 Å². The van der Waals surface area contributed by atoms with Gasteiger partial charge in [0.05, 0.1) is 0 Å². The minimum atomic E-state index is -1.01. The zero-order chi connectivity index (χ0) is 25.9. The number of benzene rings is 1. The Hall–Kier alpha value is -2.64. The molecule has 0 spiro atoms. The van der Waals surface area contributed by atoms with E-state index in [0.717, 1.165) is 19.3 Å². The van der Waals surface area contributed by atoms with E-state index in [1.54, 1.807) is 24.3 Å². The van der Waals surface area contributed by atoms with Crippen LogP contribution in [-0.4, -0.2) is 34.1 Å². The molecule has 1 aromatic rings. The molecule has 0 aliphatic carbocycles. The van der Waals surface area contributed by atoms with Crippen LogP contribution in [0.2, 0.25) is 0 Å². The molecule has 0 radical (unpaired) electrons. The van der Waals surface area contributed by atoms with E-state index in [0.29, 0.717) is 30.7 Å². The topological polar surface area (TPSA) is 119 Å². The second kappa shape index (κ2) is 18.7. The van der Waals surface area contributed by atoms with Crippen LogP contribution >= 0.6 is 0 Å². The first kappa shape index (κ1) is 30.4. The first-order valence-corrected chi connectivity index (χ1v) is 13.3. The molecule has 0 heterocycles. The number of anilines is 1. The third kappa shape index (κ3) is 14.4. The van der Waals surface area contributed by atoms with Crippen LogP contribution in [0.3, 0.4) is 0 Å². The number of rotatable bonds is 21. The van der Waals surface area contributed by atoms with E-state index in [1.807, 2.05) is 6.92 Å². The van der Waals surface area contributed by atoms with E-state index < -0.39 is 18.1 Å². The number of aliphatic carboxylic acids is 1. The summed E-state index contributed by atoms with van der Waals surface area (Å²) < 4.78 is 5.48. The quantitative estimate of drug-likeness (QED) is 0.108. The lowest BCUT2D eigenvalue weighted by Gasteiger charge is -2.14. The summed E-state index contributed by atoms with van der Waals surface area (Å²) in [6, 6.07) is 5.77. The fourth-order valence-corrected chi connectivity index (χ4v) is 4.02. The van der Waals surface area contributed by atoms with Gasteiger partial charge in [-0.15, -0.1) is 0 Å². The van der Waals surface area contributed by atoms with Gasteiger partial charge in [0.2, 0.25) is 11.9 Å². The summed E-state index contributed by atoms with van der Waals surface area (Å²) in [4.78, 5) is 34.6. The van der Waals surface area contributed by atoms with Crippen molar-refractivity contribution in [3.05, 3.63) is 34.4 Å². The van der Waals surface area contributed by atoms with Gasteiger partial charge in [0.25, 0.3) is 0 Å². The van der Waals surface area contributed by atoms with Crippen LogP contribution in [0.5, 0.6) is 5.75 Å². The largest absolute Gasteiger partial charge is 0.479 e. The predicted octanol–water partition coefficient (Wildman–Crippen LogP) is 6.99. The maximum absolute atomic E-state index is 12.3. The van der Waals surface area contributed by atoms with E-state index in [-0.39, 0.29) is 23.7 Å². The van der Waals surface area contributed by atoms with Gasteiger partial charge in [0, 0.05) is 29.9 Å². The summed E-state index contributed by atoms with van der Waals surface area (Å²) in [7, 11) is 0. The highest BCUT2D eigenvalue weighted by Crippen LogP contribution is 2.20. The lowest BCUT2D eigenvalue weighted by atomic mass is 10.0. The molecule has 1 rings (SSSR count). The summed E-state index contributed by atoms with van der Waals surface area (Å²) in [5.41, 5.74) is 0.539. The lowest BCUT2D eigenvalue weighted by molar-refractivity contribution is -0.524. The Morgan fingerprint density at radius 2 is 1.46 bits per heavy atom. The SMILES string of the molecule is CCCCCCCCCCCCC(CCC(=O)Nc1ccc(OC(CCC)C(=O)O)cc1)[N+](=O)[O-]. The highest BCUT2D eigenvalue weighted by Gasteiger charge is 2.21. The molecule has 2 unspecified atom stereocenters. The molecule has 0 saturated heterocycles. The Bertz CT molecular complexity index is 738. The fourth-order valence-electron chi connectivity index (χ4n) is 4.02. The number of nitrogens with zero attached hydrogens (tertiary/aromatic N) is 1. The summed E-state index contributed by atoms with van der Waals surface area (Å²) in [5, 5.41) is 23.3. The molecular weight excluding hydrogens is 448 g/mol. The van der Waals surface area contributed by atoms with Gasteiger partial charge in [-0.25, -0.2) is 4.79 Å². The van der Waals surface area contributed by atoms with Crippen molar-refractivity contribution in [1.82, 2.24) is 0 Å². The summed E-state index contributed by atoms with van der Waals surface area (Å²) in [6.45, 7) is 4.10. The third-order valence-corrected chi connectivity index (χ3v) is 6.14. The monoisotopic (exact) mass is 492 g/mol. The maximum atomic E-state index is 12.3. The Kier molecular flexibility index (Phi) is 16.2. The zero-order valence-corrected chi connectivity index (χ0v) is 21.5. The van der Waals surface area contributed by atoms with Gasteiger partial charge >= 0.3 is 5.97 Å². The molecule has 0 aromatic heterocycles. The number of unbranched alkanes of at least 4 members (excludes halogenated alkanes) is 9. The number of ether oxygens (including phenoxy) is 1. The van der Waals surface area contributed by atoms with Gasteiger partial charge < -0.3 is 15.2 Å². The predicted molar refractivity (Wildman–Crippen MR) is 139 cm³/mol. The second-order valence-corrected chi connectivity index (χ2v) is 9.25. The van der Waals surface area contributed by atoms with Gasteiger partial charge in [0.1, 0.15) is 5.75 Å². The number of hydrogen-bond acceptors (Lipinski definition) is 5. The van der Waals surface area contributed by atoms with Crippen molar-refractivity contribution in [1.29, 1.82) is 0 Å². The Morgan fingerprint density at radius 1 is 0.886 bits per heavy atom. The number of nitro groups is 1. The number of nitrogens with one attached hydrogen (secondary N) is 1. The molecule has 2 N–H and O–H groups in total. The smallest absolute Gasteiger partial charge is 0.344 e. The lowest BCUT2D eigenvalue weighted by Crippen LogP contribution is -2.26. The number of amides is 1. The van der Waals surface area contributed by atoms with Gasteiger partial charge in [-0.2, -0.15) is 0 Å². The van der Waals surface area contributed by atoms with Crippen molar-refractivity contribution in [3.63, 3.8) is 0 Å². The first-order chi connectivity index (χ1) is 16.9. The molecule has 0 fully saturated rings. The van der Waals surface area contributed by atoms with Crippen LogP contribution in [0.4, 0.5) is 5.69 Å². The van der Waals surface area contributed by atoms with E-state index in [1.165, 1.54) is 44.9 Å². The summed E-state index contributed by atoms with van der Waals surface area (Å²) in [5.74, 6) is -0.876. The number of carboxylic acid groups (broad SMARTS) is 1. The molecule has 1 aromatic carbocycles. The Morgan fingerprint density at radius 3 is 1.97 bits per heavy atom. The number of carboxylic acids is 1. The molecule has 1 amide bonds. The normalized spacial score (nSPS) is 12.6. The highest BCUT2D eigenvalue weighted by molar-refractivity contribution is 5.90. The fraction of sp³-hybridized carbons (Fsp3) is 0.704. The van der Waals surface area contributed by atoms with Crippen molar-refractivity contribution in [2.24, 2.45) is 0 Å². The van der Waals surface area contributed by atoms with Gasteiger partial charge in [0.15, 0.2) is 6.10 Å². The minimum Gasteiger partial charge on any atom is -0.479 e. The standard InChI is InChI=1S/C27H44N2O6/c1-3-5-6-7-8-9-10-11-12-13-15-23(29(33)34)18-21-26(30)28-22-16-19-24(20-17-22)35-25(14-4-2)27(31)32/h16-17,19-20,23,25H,3-15,18,21H2,1-2H3,(H,28,30)(H,31,32). The number of carbonyl (C=O) groups excluding carboxylic acids is 1. The summed E-state index contributed by atoms with van der Waals surface area (Å²) in [6.07, 6.45) is 12.9. The second-order valence-electron chi connectivity index (χ2n) is 9.25. The molecule has 0 bridgehead atoms. The Balaban J connectivity index is 2.30. The van der Waals surface area contributed by atoms with Crippen LogP contribution in [0.1, 0.15) is 110 Å². The van der Waals surface area contributed by atoms with E-state index in [9.17, 15) is 24.8 Å². The first-order valence-electron chi connectivity index (χ1n) is 13.3. The van der Waals surface area contributed by atoms with Gasteiger partial charge in [-0.1, -0.05) is 78.1 Å². The van der Waals surface area contributed by atoms with E-state index in [2.05, 4.69) is 12.2 Å². The van der Waals surface area contributed by atoms with E-state index in [4.69, 9.17) is 4.74 Å². The maximum Gasteiger partial charge on any atom is 0.344 e. The molecule has 35 heavy (non-hydrogen) atoms. The molecular formula is C27H44N2O6. The molecule has 2 atom stereocenters. The molecule has 0 aliphatic heterocycles. The van der Waals surface area contributed by atoms with Crippen molar-refractivity contribution >= 4 is 17.6 Å². The molecule has 8 nitrogen and oxygen atoms in total. The van der Waals surface area contributed by atoms with Crippen LogP contribution in [-0.2, 0) is 9.59 Å². The summed E-state index contributed by atoms with van der Waals surface area (Å²) >= 11 is 0. The number of carbonyl (C=O) groups is 2. The molecule has 8 heteroatoms. The average molecular weight is 493 g/mol. The molecule has 198 valence electrons. The number of hydrogen-bond donors (Lipinski definition) is 2. The molecule has 0 saturated carbocycles. The third-order valence-electron chi connectivity index (χ3n) is 6.14. The van der Waals surface area contributed by atoms with Crippen LogP contribution in [0.15, 0.2) is 24.3 Å². The van der Waals surface area contributed by atoms with Crippen molar-refractivity contribution < 1.29 is 24.4 Å². The zero-order valence-electron chi connectivity index (χ0n) is 21.5. The van der Waals surface area contributed by atoms with Crippen molar-refractivity contribution in [2.45, 2.75) is 122 Å². The van der Waals surface area contributed by atoms with Crippen LogP contribution in [0.25, 0.3) is 0 Å². The van der Waals surface area contributed by atoms with Crippen LogP contribution < -0.4 is 10.1 Å². The van der Waals surface area contributed by atoms with Gasteiger partial charge in [-0.05, 0) is 37.1 Å². The minimum absolute atomic E-state index is 0.0826. The average Bonchev–Trinajstić information content (AvgIpc) is 2.82. The highest BCUT2D eigenvalue weighted by atomic mass is 16.6. The Labute approximate surface area is 210 Å². The van der Waals surface area contributed by atoms with Crippen molar-refractivity contribution in [3.8, 4) is 5.75 Å². The molecule has 0 aliphatic rings. The van der Waals surface area contributed by atoms with Gasteiger partial charge in [-0.3, -0.25) is 14.9 Å². The van der Waals surface area contributed by atoms with Crippen LogP contribution in [0, 0.1) is 10.1 Å². The van der Waals surface area contributed by atoms with Crippen molar-refractivity contribution in [2.75, 3.05) is 5.32 Å².